The maximum Gasteiger partial charge on any atom is 0.269 e. The number of hydrogen-bond acceptors (Lipinski definition) is 8. The van der Waals surface area contributed by atoms with Crippen LogP contribution in [0, 0.1) is 18.3 Å². The number of hydrogen-bond donors (Lipinski definition) is 2. The van der Waals surface area contributed by atoms with E-state index in [0.717, 1.165) is 22.4 Å². The summed E-state index contributed by atoms with van der Waals surface area (Å²) in [6, 6.07) is 10.3. The first-order valence-corrected chi connectivity index (χ1v) is 18.6. The van der Waals surface area contributed by atoms with Gasteiger partial charge in [-0.25, -0.2) is 26.8 Å². The fourth-order valence-electron chi connectivity index (χ4n) is 5.37. The molecule has 1 saturated carbocycles. The molecule has 0 radical (unpaired) electrons. The second-order valence-corrected chi connectivity index (χ2v) is 18.2. The number of nitriles is 1. The monoisotopic (exact) mass is 614 g/mol. The van der Waals surface area contributed by atoms with E-state index in [1.54, 1.807) is 30.3 Å². The van der Waals surface area contributed by atoms with Crippen LogP contribution in [0.5, 0.6) is 0 Å². The summed E-state index contributed by atoms with van der Waals surface area (Å²) in [6.45, 7) is 8.01. The van der Waals surface area contributed by atoms with E-state index in [2.05, 4.69) is 26.7 Å². The molecule has 3 heterocycles. The van der Waals surface area contributed by atoms with Gasteiger partial charge in [-0.15, -0.1) is 0 Å². The highest BCUT2D eigenvalue weighted by molar-refractivity contribution is 7.90. The Bertz CT molecular complexity index is 1690. The third kappa shape index (κ3) is 6.04. The normalized spacial score (nSPS) is 23.3. The number of pyridine rings is 1. The Hall–Kier alpha value is -3.24. The van der Waals surface area contributed by atoms with Crippen molar-refractivity contribution >= 4 is 46.8 Å². The van der Waals surface area contributed by atoms with Crippen LogP contribution in [0.2, 0.25) is 24.7 Å². The zero-order chi connectivity index (χ0) is 29.6. The van der Waals surface area contributed by atoms with Crippen molar-refractivity contribution in [2.45, 2.75) is 75.0 Å². The van der Waals surface area contributed by atoms with Gasteiger partial charge in [0.05, 0.1) is 16.0 Å². The molecule has 9 nitrogen and oxygen atoms in total. The molecule has 1 fully saturated rings. The van der Waals surface area contributed by atoms with Crippen molar-refractivity contribution in [1.29, 1.82) is 5.26 Å². The second kappa shape index (κ2) is 10.9. The number of aliphatic imine (C=N–C) groups is 1. The largest absolute Gasteiger partial charge is 0.400 e. The van der Waals surface area contributed by atoms with Gasteiger partial charge in [-0.1, -0.05) is 29.3 Å². The van der Waals surface area contributed by atoms with Crippen molar-refractivity contribution in [2.24, 2.45) is 4.99 Å². The molecule has 2 aliphatic rings. The summed E-state index contributed by atoms with van der Waals surface area (Å²) in [5.41, 5.74) is 0.651. The summed E-state index contributed by atoms with van der Waals surface area (Å²) in [4.78, 5) is 9.02. The van der Waals surface area contributed by atoms with Gasteiger partial charge >= 0.3 is 0 Å². The Kier molecular flexibility index (Phi) is 7.76. The molecular formula is C28H32ClFN6O3SSi. The van der Waals surface area contributed by atoms with Crippen LogP contribution in [0.1, 0.15) is 43.0 Å². The van der Waals surface area contributed by atoms with Crippen LogP contribution in [0.4, 0.5) is 4.39 Å². The van der Waals surface area contributed by atoms with Gasteiger partial charge < -0.3 is 15.1 Å². The maximum absolute atomic E-state index is 15.0. The van der Waals surface area contributed by atoms with Gasteiger partial charge in [0.2, 0.25) is 0 Å². The van der Waals surface area contributed by atoms with Crippen LogP contribution >= 0.6 is 11.6 Å². The fourth-order valence-corrected chi connectivity index (χ4v) is 8.27. The maximum atomic E-state index is 15.0. The molecule has 5 rings (SSSR count). The van der Waals surface area contributed by atoms with Crippen LogP contribution in [0.25, 0.3) is 11.0 Å². The summed E-state index contributed by atoms with van der Waals surface area (Å²) < 4.78 is 49.7. The third-order valence-corrected chi connectivity index (χ3v) is 9.96. The van der Waals surface area contributed by atoms with Gasteiger partial charge in [-0.05, 0) is 64.0 Å². The van der Waals surface area contributed by atoms with Crippen molar-refractivity contribution < 1.29 is 17.2 Å². The predicted octanol–water partition coefficient (Wildman–Crippen LogP) is 5.69. The van der Waals surface area contributed by atoms with E-state index in [4.69, 9.17) is 16.0 Å². The highest BCUT2D eigenvalue weighted by atomic mass is 35.5. The van der Waals surface area contributed by atoms with Gasteiger partial charge in [0.15, 0.2) is 25.6 Å². The van der Waals surface area contributed by atoms with Crippen molar-refractivity contribution in [1.82, 2.24) is 19.6 Å². The highest BCUT2D eigenvalue weighted by Crippen LogP contribution is 2.35. The van der Waals surface area contributed by atoms with Crippen LogP contribution in [-0.4, -0.2) is 43.2 Å². The minimum absolute atomic E-state index is 0.0257. The Labute approximate surface area is 245 Å². The average Bonchev–Trinajstić information content (AvgIpc) is 3.29. The minimum atomic E-state index is -4.00. The average molecular weight is 615 g/mol. The molecule has 0 spiro atoms. The zero-order valence-corrected chi connectivity index (χ0v) is 25.9. The van der Waals surface area contributed by atoms with Gasteiger partial charge in [0, 0.05) is 42.0 Å². The van der Waals surface area contributed by atoms with Crippen LogP contribution < -0.4 is 10.6 Å². The molecular weight excluding hydrogens is 583 g/mol. The van der Waals surface area contributed by atoms with Crippen molar-refractivity contribution in [3.8, 4) is 6.07 Å². The number of benzene rings is 1. The number of amidine groups is 1. The summed E-state index contributed by atoms with van der Waals surface area (Å²) in [5, 5.41) is 16.9. The lowest BCUT2D eigenvalue weighted by atomic mass is 9.83. The molecule has 13 heteroatoms. The summed E-state index contributed by atoms with van der Waals surface area (Å²) in [6.07, 6.45) is 5.73. The molecule has 2 unspecified atom stereocenters. The molecule has 2 N–H and O–H groups in total. The Balaban J connectivity index is 1.49. The van der Waals surface area contributed by atoms with E-state index in [0.29, 0.717) is 28.8 Å². The second-order valence-electron chi connectivity index (χ2n) is 11.5. The molecule has 1 aliphatic carbocycles. The lowest BCUT2D eigenvalue weighted by Gasteiger charge is -2.40. The van der Waals surface area contributed by atoms with E-state index in [9.17, 15) is 13.7 Å². The Morgan fingerprint density at radius 1 is 1.29 bits per heavy atom. The first-order chi connectivity index (χ1) is 19.3. The van der Waals surface area contributed by atoms with Gasteiger partial charge in [0.25, 0.3) is 10.0 Å². The molecule has 216 valence electrons. The highest BCUT2D eigenvalue weighted by Gasteiger charge is 2.41. The van der Waals surface area contributed by atoms with Gasteiger partial charge in [-0.3, -0.25) is 0 Å². The SMILES string of the molecule is Cc1ccc(S(=O)(=O)n2cc(C3N=C(N[C@H]4CCCC(C#N)(O[Si](C)(C)C)C4)C(F)=CN3)c3cc(Cl)cnc32)cc1. The quantitative estimate of drug-likeness (QED) is 0.342. The Morgan fingerprint density at radius 3 is 2.71 bits per heavy atom. The number of halogens is 2. The molecule has 0 saturated heterocycles. The number of rotatable bonds is 6. The minimum Gasteiger partial charge on any atom is -0.400 e. The predicted molar refractivity (Wildman–Crippen MR) is 159 cm³/mol. The third-order valence-electron chi connectivity index (χ3n) is 7.09. The van der Waals surface area contributed by atoms with Crippen molar-refractivity contribution in [3.63, 3.8) is 0 Å². The Morgan fingerprint density at radius 2 is 2.02 bits per heavy atom. The number of aryl methyl sites for hydroxylation is 1. The van der Waals surface area contributed by atoms with Crippen molar-refractivity contribution in [2.75, 3.05) is 0 Å². The van der Waals surface area contributed by atoms with E-state index in [1.807, 2.05) is 26.6 Å². The molecule has 1 aliphatic heterocycles. The van der Waals surface area contributed by atoms with Crippen LogP contribution in [0.3, 0.4) is 0 Å². The van der Waals surface area contributed by atoms with Crippen LogP contribution in [0.15, 0.2) is 64.6 Å². The van der Waals surface area contributed by atoms with Gasteiger partial charge in [0.1, 0.15) is 11.8 Å². The van der Waals surface area contributed by atoms with E-state index in [1.165, 1.54) is 18.6 Å². The molecule has 3 aromatic rings. The van der Waals surface area contributed by atoms with Crippen LogP contribution in [-0.2, 0) is 14.4 Å². The standard InChI is InChI=1S/C28H32ClFN6O3SSi/c1-18-7-9-21(10-8-18)40(37,38)36-16-23(22-12-19(29)14-33-27(22)36)25-32-15-24(30)26(35-25)34-20-6-5-11-28(13-20,17-31)39-41(2,3)4/h7-10,12,14-16,20,25,32H,5-6,11,13H2,1-4H3,(H,34,35)/t20-,25?,28?/m0/s1. The first kappa shape index (κ1) is 29.3. The van der Waals surface area contributed by atoms with E-state index in [-0.39, 0.29) is 22.4 Å². The lowest BCUT2D eigenvalue weighted by molar-refractivity contribution is 0.0656. The molecule has 1 aromatic carbocycles. The molecule has 2 aromatic heterocycles. The summed E-state index contributed by atoms with van der Waals surface area (Å²) in [7, 11) is -6.01. The van der Waals surface area contributed by atoms with Gasteiger partial charge in [-0.2, -0.15) is 5.26 Å². The fraction of sp³-hybridized carbons (Fsp3) is 0.393. The molecule has 3 atom stereocenters. The molecule has 0 amide bonds. The topological polar surface area (TPSA) is 121 Å². The number of aromatic nitrogens is 2. The van der Waals surface area contributed by atoms with E-state index >= 15 is 4.39 Å². The number of nitrogens with one attached hydrogen (secondary N) is 2. The number of nitrogens with zero attached hydrogens (tertiary/aromatic N) is 4. The zero-order valence-electron chi connectivity index (χ0n) is 23.3. The molecule has 41 heavy (non-hydrogen) atoms. The smallest absolute Gasteiger partial charge is 0.269 e. The summed E-state index contributed by atoms with van der Waals surface area (Å²) in [5.74, 6) is -0.564. The van der Waals surface area contributed by atoms with Crippen molar-refractivity contribution in [3.05, 3.63) is 70.9 Å². The summed E-state index contributed by atoms with van der Waals surface area (Å²) >= 11 is 6.26. The number of fused-ring (bicyclic) bond motifs is 1. The lowest BCUT2D eigenvalue weighted by Crippen LogP contribution is -2.50. The first-order valence-electron chi connectivity index (χ1n) is 13.4. The molecule has 0 bridgehead atoms. The van der Waals surface area contributed by atoms with E-state index < -0.39 is 35.9 Å².